The Bertz CT molecular complexity index is 2330. The van der Waals surface area contributed by atoms with E-state index in [1.807, 2.05) is 58.4 Å². The molecule has 3 aromatic rings. The number of benzene rings is 3. The van der Waals surface area contributed by atoms with Gasteiger partial charge in [0.1, 0.15) is 17.8 Å². The molecular weight excluding hydrogens is 893 g/mol. The smallest absolute Gasteiger partial charge is 0.452 e. The van der Waals surface area contributed by atoms with Crippen molar-refractivity contribution < 1.29 is 50.7 Å². The van der Waals surface area contributed by atoms with Crippen LogP contribution in [0.2, 0.25) is 5.02 Å². The van der Waals surface area contributed by atoms with Crippen molar-refractivity contribution in [2.75, 3.05) is 5.75 Å². The van der Waals surface area contributed by atoms with Gasteiger partial charge in [0.25, 0.3) is 27.6 Å². The fourth-order valence-corrected chi connectivity index (χ4v) is 10.3. The number of hydrogen-bond donors (Lipinski definition) is 4. The van der Waals surface area contributed by atoms with Crippen LogP contribution in [0.15, 0.2) is 70.5 Å². The molecule has 348 valence electrons. The number of hydrogen-bond acceptors (Lipinski definition) is 9. The maximum atomic E-state index is 15.0. The van der Waals surface area contributed by atoms with Crippen LogP contribution in [-0.2, 0) is 35.2 Å². The molecule has 64 heavy (non-hydrogen) atoms. The number of amides is 4. The topological polar surface area (TPSA) is 179 Å². The highest BCUT2D eigenvalue weighted by Gasteiger charge is 2.51. The summed E-state index contributed by atoms with van der Waals surface area (Å²) >= 11 is 7.10. The van der Waals surface area contributed by atoms with Crippen molar-refractivity contribution in [1.82, 2.24) is 20.3 Å². The number of alkyl halides is 3. The van der Waals surface area contributed by atoms with Crippen LogP contribution in [0.5, 0.6) is 5.75 Å². The average molecular weight is 950 g/mol. The first-order valence-electron chi connectivity index (χ1n) is 21.1. The maximum absolute atomic E-state index is 15.0. The molecule has 12 nitrogen and oxygen atoms in total. The fraction of sp³-hybridized carbons (Fsp3) is 0.500. The van der Waals surface area contributed by atoms with E-state index in [9.17, 15) is 45.9 Å². The van der Waals surface area contributed by atoms with E-state index in [0.29, 0.717) is 33.9 Å². The van der Waals surface area contributed by atoms with Gasteiger partial charge in [-0.2, -0.15) is 13.2 Å². The zero-order valence-electron chi connectivity index (χ0n) is 37.1. The number of nitrogens with one attached hydrogen (secondary N) is 3. The standard InChI is InChI=1S/C46H56ClF3N4O8S2/c1-25(2)37(39(56)46(48,49)50)52-42(59)36-21-28-11-9-10-12-35(28)54(36)43(60)34(24-63-30-22-32(44(3,4)5)38(55)33(23-30)45(6,7)8)51-40(57)26-13-15-27(16-14-26)41(58)53-64(61,62)31-19-17-29(47)18-20-31/h13-20,22-23,25,28,34-37,55H,9-12,21,24H2,1-8H3,(H,51,57)(H,52,59)(H,53,58)/t28?,34-,35?,36+,37?/m1/s1. The van der Waals surface area contributed by atoms with Gasteiger partial charge in [-0.3, -0.25) is 24.0 Å². The van der Waals surface area contributed by atoms with Crippen LogP contribution in [0.1, 0.15) is 119 Å². The van der Waals surface area contributed by atoms with Gasteiger partial charge in [0, 0.05) is 44.0 Å². The highest BCUT2D eigenvalue weighted by molar-refractivity contribution is 7.99. The van der Waals surface area contributed by atoms with E-state index in [1.54, 1.807) is 0 Å². The Morgan fingerprint density at radius 2 is 1.36 bits per heavy atom. The monoisotopic (exact) mass is 948 g/mol. The number of nitrogens with zero attached hydrogens (tertiary/aromatic N) is 1. The molecule has 1 saturated carbocycles. The molecule has 5 atom stereocenters. The van der Waals surface area contributed by atoms with Gasteiger partial charge in [0.15, 0.2) is 0 Å². The van der Waals surface area contributed by atoms with E-state index in [-0.39, 0.29) is 39.9 Å². The number of carbonyl (C=O) groups is 5. The molecule has 0 spiro atoms. The average Bonchev–Trinajstić information content (AvgIpc) is 3.60. The number of phenolic OH excluding ortho intramolecular Hbond substituents is 1. The van der Waals surface area contributed by atoms with Crippen LogP contribution in [0.3, 0.4) is 0 Å². The zero-order valence-corrected chi connectivity index (χ0v) is 39.4. The lowest BCUT2D eigenvalue weighted by Gasteiger charge is -2.36. The first-order valence-corrected chi connectivity index (χ1v) is 23.9. The van der Waals surface area contributed by atoms with E-state index in [2.05, 4.69) is 10.6 Å². The number of Topliss-reactive ketones (excluding diaryl/α,β-unsaturated/α-hetero) is 1. The molecule has 2 fully saturated rings. The second-order valence-corrected chi connectivity index (χ2v) is 22.1. The Kier molecular flexibility index (Phi) is 15.3. The van der Waals surface area contributed by atoms with Crippen LogP contribution < -0.4 is 15.4 Å². The molecule has 5 rings (SSSR count). The van der Waals surface area contributed by atoms with Crippen molar-refractivity contribution in [3.8, 4) is 5.75 Å². The van der Waals surface area contributed by atoms with Gasteiger partial charge in [-0.15, -0.1) is 11.8 Å². The number of thioether (sulfide) groups is 1. The molecule has 1 heterocycles. The molecule has 4 amide bonds. The van der Waals surface area contributed by atoms with Crippen LogP contribution in [-0.4, -0.2) is 83.9 Å². The summed E-state index contributed by atoms with van der Waals surface area (Å²) in [5, 5.41) is 16.8. The predicted molar refractivity (Wildman–Crippen MR) is 239 cm³/mol. The lowest BCUT2D eigenvalue weighted by Crippen LogP contribution is -2.59. The van der Waals surface area contributed by atoms with Gasteiger partial charge in [-0.1, -0.05) is 79.8 Å². The van der Waals surface area contributed by atoms with Crippen molar-refractivity contribution in [3.63, 3.8) is 0 Å². The molecule has 2 aliphatic rings. The van der Waals surface area contributed by atoms with Gasteiger partial charge in [-0.25, -0.2) is 13.1 Å². The third kappa shape index (κ3) is 11.8. The number of rotatable bonds is 13. The third-order valence-corrected chi connectivity index (χ3v) is 14.3. The van der Waals surface area contributed by atoms with E-state index >= 15 is 4.79 Å². The number of halogens is 4. The quantitative estimate of drug-likeness (QED) is 0.123. The largest absolute Gasteiger partial charge is 0.507 e. The molecule has 1 aliphatic heterocycles. The molecule has 3 aromatic carbocycles. The molecule has 18 heteroatoms. The number of carbonyl (C=O) groups excluding carboxylic acids is 5. The van der Waals surface area contributed by atoms with Gasteiger partial charge in [0.05, 0.1) is 10.9 Å². The fourth-order valence-electron chi connectivity index (χ4n) is 8.21. The highest BCUT2D eigenvalue weighted by atomic mass is 35.5. The summed E-state index contributed by atoms with van der Waals surface area (Å²) in [6.07, 6.45) is -2.32. The summed E-state index contributed by atoms with van der Waals surface area (Å²) in [4.78, 5) is 70.5. The first kappa shape index (κ1) is 50.4. The Morgan fingerprint density at radius 1 is 0.828 bits per heavy atom. The Balaban J connectivity index is 1.48. The van der Waals surface area contributed by atoms with Gasteiger partial charge < -0.3 is 20.6 Å². The van der Waals surface area contributed by atoms with Crippen molar-refractivity contribution in [3.05, 3.63) is 87.9 Å². The van der Waals surface area contributed by atoms with Crippen molar-refractivity contribution in [2.45, 2.75) is 138 Å². The van der Waals surface area contributed by atoms with Crippen LogP contribution in [0.4, 0.5) is 13.2 Å². The summed E-state index contributed by atoms with van der Waals surface area (Å²) in [5.41, 5.74) is 0.266. The van der Waals surface area contributed by atoms with Crippen LogP contribution in [0.25, 0.3) is 0 Å². The summed E-state index contributed by atoms with van der Waals surface area (Å²) in [5.74, 6) is -6.36. The number of ketones is 1. The summed E-state index contributed by atoms with van der Waals surface area (Å²) in [7, 11) is -4.27. The molecule has 1 aliphatic carbocycles. The Labute approximate surface area is 381 Å². The van der Waals surface area contributed by atoms with Gasteiger partial charge >= 0.3 is 6.18 Å². The van der Waals surface area contributed by atoms with Crippen LogP contribution >= 0.6 is 23.4 Å². The molecule has 0 bridgehead atoms. The maximum Gasteiger partial charge on any atom is 0.452 e. The van der Waals surface area contributed by atoms with E-state index in [0.717, 1.165) is 12.8 Å². The molecule has 0 radical (unpaired) electrons. The number of fused-ring (bicyclic) bond motifs is 1. The number of likely N-dealkylation sites (tertiary alicyclic amines) is 1. The minimum atomic E-state index is -5.21. The molecular formula is C46H56ClF3N4O8S2. The minimum Gasteiger partial charge on any atom is -0.507 e. The molecule has 1 saturated heterocycles. The lowest BCUT2D eigenvalue weighted by molar-refractivity contribution is -0.175. The van der Waals surface area contributed by atoms with Crippen LogP contribution in [0, 0.1) is 11.8 Å². The number of aromatic hydroxyl groups is 1. The van der Waals surface area contributed by atoms with Gasteiger partial charge in [0.2, 0.25) is 11.8 Å². The summed E-state index contributed by atoms with van der Waals surface area (Å²) in [6, 6.07) is 8.98. The Hall–Kier alpha value is -4.61. The normalized spacial score (nSPS) is 19.1. The molecule has 3 unspecified atom stereocenters. The second kappa shape index (κ2) is 19.5. The third-order valence-electron chi connectivity index (χ3n) is 11.7. The summed E-state index contributed by atoms with van der Waals surface area (Å²) in [6.45, 7) is 14.5. The number of phenols is 1. The van der Waals surface area contributed by atoms with E-state index in [4.69, 9.17) is 11.6 Å². The summed E-state index contributed by atoms with van der Waals surface area (Å²) < 4.78 is 68.6. The number of sulfonamides is 1. The zero-order chi connectivity index (χ0) is 47.7. The highest BCUT2D eigenvalue weighted by Crippen LogP contribution is 2.43. The van der Waals surface area contributed by atoms with E-state index in [1.165, 1.54) is 79.0 Å². The van der Waals surface area contributed by atoms with E-state index < -0.39 is 86.5 Å². The SMILES string of the molecule is CC(C)C(NC(=O)[C@@H]1CC2CCCCC2N1C(=O)[C@@H](CSc1cc(C(C)(C)C)c(O)c(C(C)(C)C)c1)NC(=O)c1ccc(C(=O)NS(=O)(=O)c2ccc(Cl)cc2)cc1)C(=O)C(F)(F)F. The van der Waals surface area contributed by atoms with Crippen molar-refractivity contribution in [2.24, 2.45) is 11.8 Å². The lowest BCUT2D eigenvalue weighted by atomic mass is 9.79. The Morgan fingerprint density at radius 3 is 1.88 bits per heavy atom. The molecule has 0 aromatic heterocycles. The van der Waals surface area contributed by atoms with Gasteiger partial charge in [-0.05, 0) is 103 Å². The predicted octanol–water partition coefficient (Wildman–Crippen LogP) is 8.08. The minimum absolute atomic E-state index is 0.00581. The first-order chi connectivity index (χ1) is 29.6. The second-order valence-electron chi connectivity index (χ2n) is 18.9. The van der Waals surface area contributed by atoms with Crippen molar-refractivity contribution in [1.29, 1.82) is 0 Å². The molecule has 4 N–H and O–H groups in total. The van der Waals surface area contributed by atoms with Crippen molar-refractivity contribution >= 4 is 62.8 Å².